The third-order valence-corrected chi connectivity index (χ3v) is 11.8. The van der Waals surface area contributed by atoms with Gasteiger partial charge in [0.1, 0.15) is 28.0 Å². The minimum absolute atomic E-state index is 0.0896. The first-order chi connectivity index (χ1) is 17.6. The fourth-order valence-corrected chi connectivity index (χ4v) is 10.5. The van der Waals surface area contributed by atoms with Gasteiger partial charge in [-0.15, -0.1) is 0 Å². The summed E-state index contributed by atoms with van der Waals surface area (Å²) < 4.78 is 11.8. The van der Waals surface area contributed by atoms with Gasteiger partial charge in [-0.2, -0.15) is 0 Å². The van der Waals surface area contributed by atoms with E-state index in [-0.39, 0.29) is 35.3 Å². The molecule has 3 aromatic carbocycles. The van der Waals surface area contributed by atoms with Crippen LogP contribution in [0, 0.1) is 17.8 Å². The van der Waals surface area contributed by atoms with E-state index in [4.69, 9.17) is 9.47 Å². The standard InChI is InChI=1S/C30H27O4S2/c31-28(34-30-15-19-13-20(16-30)29(32)21(14-19)17-30)18-33-22-9-11-23(12-10-22)36-26-7-3-1-5-24(26)35-25-6-2-4-8-27(25)36/h1-12,19-21H,13-18H2/q+1. The van der Waals surface area contributed by atoms with Crippen LogP contribution in [-0.4, -0.2) is 24.0 Å². The maximum atomic E-state index is 12.7. The normalized spacial score (nSPS) is 27.9. The second-order valence-corrected chi connectivity index (χ2v) is 13.5. The monoisotopic (exact) mass is 515 g/mol. The number of hydrogen-bond donors (Lipinski definition) is 0. The summed E-state index contributed by atoms with van der Waals surface area (Å²) in [6, 6.07) is 25.4. The summed E-state index contributed by atoms with van der Waals surface area (Å²) in [6.07, 6.45) is 4.25. The summed E-state index contributed by atoms with van der Waals surface area (Å²) in [6.45, 7) is -0.108. The first-order valence-electron chi connectivity index (χ1n) is 12.7. The lowest BCUT2D eigenvalue weighted by Crippen LogP contribution is -2.57. The van der Waals surface area contributed by atoms with Gasteiger partial charge in [0.2, 0.25) is 0 Å². The molecule has 3 aromatic rings. The molecule has 4 bridgehead atoms. The maximum absolute atomic E-state index is 12.7. The third-order valence-electron chi connectivity index (χ3n) is 8.04. The predicted molar refractivity (Wildman–Crippen MR) is 138 cm³/mol. The average Bonchev–Trinajstić information content (AvgIpc) is 2.89. The molecule has 4 nitrogen and oxygen atoms in total. The Morgan fingerprint density at radius 2 is 1.47 bits per heavy atom. The van der Waals surface area contributed by atoms with Crippen LogP contribution in [0.15, 0.2) is 97.3 Å². The molecule has 8 rings (SSSR count). The van der Waals surface area contributed by atoms with E-state index in [0.717, 1.165) is 19.3 Å². The number of hydrogen-bond acceptors (Lipinski definition) is 5. The summed E-state index contributed by atoms with van der Waals surface area (Å²) in [7, 11) is -0.186. The Bertz CT molecular complexity index is 1290. The Balaban J connectivity index is 1.05. The molecule has 0 saturated heterocycles. The van der Waals surface area contributed by atoms with Gasteiger partial charge in [0.05, 0.1) is 9.79 Å². The fourth-order valence-electron chi connectivity index (χ4n) is 6.78. The van der Waals surface area contributed by atoms with E-state index in [1.807, 2.05) is 23.9 Å². The van der Waals surface area contributed by atoms with Gasteiger partial charge in [-0.25, -0.2) is 4.79 Å². The van der Waals surface area contributed by atoms with E-state index >= 15 is 0 Å². The number of rotatable bonds is 5. The molecule has 0 spiro atoms. The van der Waals surface area contributed by atoms with Crippen LogP contribution < -0.4 is 4.74 Å². The van der Waals surface area contributed by atoms with E-state index < -0.39 is 5.60 Å². The van der Waals surface area contributed by atoms with Crippen molar-refractivity contribution < 1.29 is 19.1 Å². The van der Waals surface area contributed by atoms with E-state index in [2.05, 4.69) is 60.7 Å². The molecule has 4 saturated carbocycles. The highest BCUT2D eigenvalue weighted by molar-refractivity contribution is 8.04. The van der Waals surface area contributed by atoms with Crippen LogP contribution in [0.1, 0.15) is 32.1 Å². The van der Waals surface area contributed by atoms with E-state index in [1.165, 1.54) is 24.5 Å². The van der Waals surface area contributed by atoms with Crippen molar-refractivity contribution in [3.63, 3.8) is 0 Å². The van der Waals surface area contributed by atoms with Gasteiger partial charge in [-0.1, -0.05) is 36.0 Å². The lowest BCUT2D eigenvalue weighted by atomic mass is 9.53. The zero-order valence-electron chi connectivity index (χ0n) is 19.9. The quantitative estimate of drug-likeness (QED) is 0.230. The van der Waals surface area contributed by atoms with Gasteiger partial charge >= 0.3 is 5.97 Å². The second-order valence-electron chi connectivity index (χ2n) is 10.5. The van der Waals surface area contributed by atoms with Crippen molar-refractivity contribution in [2.24, 2.45) is 17.8 Å². The molecular weight excluding hydrogens is 488 g/mol. The maximum Gasteiger partial charge on any atom is 0.344 e. The molecule has 0 N–H and O–H groups in total. The van der Waals surface area contributed by atoms with Gasteiger partial charge in [0, 0.05) is 11.8 Å². The Labute approximate surface area is 218 Å². The zero-order valence-corrected chi connectivity index (χ0v) is 21.5. The van der Waals surface area contributed by atoms with Crippen LogP contribution in [-0.2, 0) is 25.2 Å². The molecular formula is C30H27O4S2+. The number of ether oxygens (including phenoxy) is 2. The van der Waals surface area contributed by atoms with Crippen LogP contribution in [0.3, 0.4) is 0 Å². The van der Waals surface area contributed by atoms with Gasteiger partial charge in [0.15, 0.2) is 21.3 Å². The van der Waals surface area contributed by atoms with E-state index in [1.54, 1.807) is 0 Å². The van der Waals surface area contributed by atoms with E-state index in [9.17, 15) is 9.59 Å². The molecule has 4 fully saturated rings. The van der Waals surface area contributed by atoms with Crippen molar-refractivity contribution >= 4 is 34.4 Å². The molecule has 5 aliphatic rings. The van der Waals surface area contributed by atoms with Crippen LogP contribution in [0.2, 0.25) is 0 Å². The highest BCUT2D eigenvalue weighted by Gasteiger charge is 2.57. The van der Waals surface area contributed by atoms with Crippen LogP contribution in [0.5, 0.6) is 5.75 Å². The number of benzene rings is 3. The van der Waals surface area contributed by atoms with Gasteiger partial charge in [-0.05, 0) is 86.6 Å². The lowest BCUT2D eigenvalue weighted by Gasteiger charge is -2.54. The molecule has 0 amide bonds. The molecule has 6 heteroatoms. The van der Waals surface area contributed by atoms with Gasteiger partial charge in [-0.3, -0.25) is 4.79 Å². The smallest absolute Gasteiger partial charge is 0.344 e. The van der Waals surface area contributed by atoms with Crippen molar-refractivity contribution in [1.29, 1.82) is 0 Å². The van der Waals surface area contributed by atoms with Crippen LogP contribution >= 0.6 is 11.8 Å². The minimum atomic E-state index is -0.449. The number of ketones is 1. The summed E-state index contributed by atoms with van der Waals surface area (Å²) in [5.74, 6) is 1.43. The summed E-state index contributed by atoms with van der Waals surface area (Å²) in [5, 5.41) is 0. The highest BCUT2D eigenvalue weighted by Crippen LogP contribution is 2.55. The Hall–Kier alpha value is -2.70. The lowest BCUT2D eigenvalue weighted by molar-refractivity contribution is -0.190. The molecule has 0 radical (unpaired) electrons. The van der Waals surface area contributed by atoms with Crippen molar-refractivity contribution in [1.82, 2.24) is 0 Å². The number of esters is 1. The Morgan fingerprint density at radius 3 is 2.11 bits per heavy atom. The minimum Gasteiger partial charge on any atom is -0.482 e. The van der Waals surface area contributed by atoms with Crippen molar-refractivity contribution in [2.45, 2.75) is 62.2 Å². The largest absolute Gasteiger partial charge is 0.482 e. The first kappa shape index (κ1) is 22.5. The number of carbonyl (C=O) groups is 2. The molecule has 1 heterocycles. The van der Waals surface area contributed by atoms with Gasteiger partial charge < -0.3 is 9.47 Å². The molecule has 4 aliphatic carbocycles. The molecule has 182 valence electrons. The van der Waals surface area contributed by atoms with Crippen molar-refractivity contribution in [2.75, 3.05) is 6.61 Å². The Kier molecular flexibility index (Phi) is 5.44. The number of fused-ring (bicyclic) bond motifs is 2. The molecule has 36 heavy (non-hydrogen) atoms. The Morgan fingerprint density at radius 1 is 0.861 bits per heavy atom. The molecule has 2 unspecified atom stereocenters. The molecule has 1 aliphatic heterocycles. The van der Waals surface area contributed by atoms with Crippen LogP contribution in [0.25, 0.3) is 0 Å². The first-order valence-corrected chi connectivity index (χ1v) is 14.7. The van der Waals surface area contributed by atoms with Crippen molar-refractivity contribution in [3.8, 4) is 5.75 Å². The summed E-state index contributed by atoms with van der Waals surface area (Å²) in [4.78, 5) is 31.7. The summed E-state index contributed by atoms with van der Waals surface area (Å²) in [5.41, 5.74) is -0.449. The van der Waals surface area contributed by atoms with Crippen LogP contribution in [0.4, 0.5) is 0 Å². The third kappa shape index (κ3) is 3.86. The van der Waals surface area contributed by atoms with Gasteiger partial charge in [0.25, 0.3) is 0 Å². The van der Waals surface area contributed by atoms with E-state index in [0.29, 0.717) is 30.3 Å². The molecule has 2 atom stereocenters. The number of Topliss-reactive ketones (excluding diaryl/α,β-unsaturated/α-hetero) is 1. The van der Waals surface area contributed by atoms with Crippen molar-refractivity contribution in [3.05, 3.63) is 72.8 Å². The topological polar surface area (TPSA) is 52.6 Å². The highest BCUT2D eigenvalue weighted by atomic mass is 32.2. The number of carbonyl (C=O) groups excluding carboxylic acids is 2. The zero-order chi connectivity index (χ0) is 24.3. The second kappa shape index (κ2) is 8.70. The average molecular weight is 516 g/mol. The molecule has 0 aromatic heterocycles. The summed E-state index contributed by atoms with van der Waals surface area (Å²) >= 11 is 1.83. The SMILES string of the molecule is O=C(COc1ccc([S+]2c3ccccc3Sc3ccccc32)cc1)OC12CC3CC(C1)C(=O)C(C3)C2. The predicted octanol–water partition coefficient (Wildman–Crippen LogP) is 6.32. The fraction of sp³-hybridized carbons (Fsp3) is 0.333.